The van der Waals surface area contributed by atoms with Gasteiger partial charge in [-0.15, -0.1) is 0 Å². The first-order valence-electron chi connectivity index (χ1n) is 10.1. The number of amides is 1. The average molecular weight is 420 g/mol. The van der Waals surface area contributed by atoms with Crippen LogP contribution in [0.5, 0.6) is 5.75 Å². The zero-order chi connectivity index (χ0) is 22.3. The standard InChI is InChI=1S/C21H29FN4O4/c1-4-5-11-25(17(27)10-12-30-16-8-6-15(22)7-9-16)18-19(23)26(13-14(2)3)21(29)24-20(18)28/h6-9,14H,4-5,10-13,23H2,1-3H3,(H,24,28,29). The van der Waals surface area contributed by atoms with Gasteiger partial charge in [-0.2, -0.15) is 0 Å². The molecule has 30 heavy (non-hydrogen) atoms. The Kier molecular flexibility index (Phi) is 8.20. The van der Waals surface area contributed by atoms with Crippen molar-refractivity contribution in [1.29, 1.82) is 0 Å². The second-order valence-corrected chi connectivity index (χ2v) is 7.45. The Hall–Kier alpha value is -3.10. The van der Waals surface area contributed by atoms with Crippen molar-refractivity contribution in [2.45, 2.75) is 46.6 Å². The monoisotopic (exact) mass is 420 g/mol. The van der Waals surface area contributed by atoms with Gasteiger partial charge in [0.05, 0.1) is 13.0 Å². The molecule has 9 heteroatoms. The summed E-state index contributed by atoms with van der Waals surface area (Å²) in [5.41, 5.74) is 4.85. The fourth-order valence-electron chi connectivity index (χ4n) is 2.98. The minimum Gasteiger partial charge on any atom is -0.493 e. The molecule has 8 nitrogen and oxygen atoms in total. The quantitative estimate of drug-likeness (QED) is 0.614. The van der Waals surface area contributed by atoms with Crippen LogP contribution in [0.25, 0.3) is 0 Å². The van der Waals surface area contributed by atoms with Gasteiger partial charge in [0.15, 0.2) is 5.69 Å². The molecule has 1 amide bonds. The summed E-state index contributed by atoms with van der Waals surface area (Å²) in [6.07, 6.45) is 1.45. The van der Waals surface area contributed by atoms with E-state index in [0.29, 0.717) is 25.3 Å². The van der Waals surface area contributed by atoms with Gasteiger partial charge in [-0.05, 0) is 36.6 Å². The lowest BCUT2D eigenvalue weighted by molar-refractivity contribution is -0.119. The van der Waals surface area contributed by atoms with Crippen LogP contribution in [0.3, 0.4) is 0 Å². The summed E-state index contributed by atoms with van der Waals surface area (Å²) >= 11 is 0. The van der Waals surface area contributed by atoms with Gasteiger partial charge in [0.1, 0.15) is 17.4 Å². The molecule has 0 bridgehead atoms. The van der Waals surface area contributed by atoms with Crippen LogP contribution in [0.15, 0.2) is 33.9 Å². The van der Waals surface area contributed by atoms with Crippen molar-refractivity contribution in [3.8, 4) is 5.75 Å². The number of aromatic amines is 1. The van der Waals surface area contributed by atoms with E-state index in [2.05, 4.69) is 4.98 Å². The molecule has 2 aromatic rings. The van der Waals surface area contributed by atoms with Crippen molar-refractivity contribution in [2.75, 3.05) is 23.8 Å². The van der Waals surface area contributed by atoms with Crippen LogP contribution in [0.4, 0.5) is 15.9 Å². The molecule has 0 atom stereocenters. The van der Waals surface area contributed by atoms with Crippen LogP contribution >= 0.6 is 0 Å². The highest BCUT2D eigenvalue weighted by atomic mass is 19.1. The predicted octanol–water partition coefficient (Wildman–Crippen LogP) is 2.52. The van der Waals surface area contributed by atoms with E-state index in [0.717, 1.165) is 6.42 Å². The van der Waals surface area contributed by atoms with Gasteiger partial charge in [-0.25, -0.2) is 9.18 Å². The Morgan fingerprint density at radius 1 is 1.27 bits per heavy atom. The highest BCUT2D eigenvalue weighted by molar-refractivity contribution is 5.95. The summed E-state index contributed by atoms with van der Waals surface area (Å²) in [6.45, 7) is 6.47. The molecular weight excluding hydrogens is 391 g/mol. The zero-order valence-electron chi connectivity index (χ0n) is 17.6. The van der Waals surface area contributed by atoms with Gasteiger partial charge in [0.25, 0.3) is 5.56 Å². The molecule has 1 aromatic heterocycles. The third-order valence-electron chi connectivity index (χ3n) is 4.47. The summed E-state index contributed by atoms with van der Waals surface area (Å²) in [5.74, 6) is -0.200. The number of halogens is 1. The van der Waals surface area contributed by atoms with E-state index in [1.165, 1.54) is 33.7 Å². The third-order valence-corrected chi connectivity index (χ3v) is 4.47. The van der Waals surface area contributed by atoms with Crippen LogP contribution in [-0.2, 0) is 11.3 Å². The molecule has 0 unspecified atom stereocenters. The highest BCUT2D eigenvalue weighted by Gasteiger charge is 2.24. The van der Waals surface area contributed by atoms with Crippen LogP contribution in [-0.4, -0.2) is 28.6 Å². The largest absolute Gasteiger partial charge is 0.493 e. The van der Waals surface area contributed by atoms with Gasteiger partial charge < -0.3 is 15.4 Å². The number of ether oxygens (including phenoxy) is 1. The Morgan fingerprint density at radius 2 is 1.93 bits per heavy atom. The molecule has 0 saturated heterocycles. The number of nitrogens with one attached hydrogen (secondary N) is 1. The molecule has 3 N–H and O–H groups in total. The number of nitrogens with two attached hydrogens (primary N) is 1. The Morgan fingerprint density at radius 3 is 2.53 bits per heavy atom. The molecule has 1 heterocycles. The summed E-state index contributed by atoms with van der Waals surface area (Å²) in [7, 11) is 0. The number of hydrogen-bond acceptors (Lipinski definition) is 5. The number of carbonyl (C=O) groups excluding carboxylic acids is 1. The van der Waals surface area contributed by atoms with Crippen molar-refractivity contribution >= 4 is 17.4 Å². The van der Waals surface area contributed by atoms with Gasteiger partial charge >= 0.3 is 5.69 Å². The van der Waals surface area contributed by atoms with Crippen LogP contribution in [0, 0.1) is 11.7 Å². The lowest BCUT2D eigenvalue weighted by atomic mass is 10.2. The topological polar surface area (TPSA) is 110 Å². The highest BCUT2D eigenvalue weighted by Crippen LogP contribution is 2.20. The first kappa shape index (κ1) is 23.2. The van der Waals surface area contributed by atoms with Crippen molar-refractivity contribution < 1.29 is 13.9 Å². The molecule has 0 saturated carbocycles. The molecule has 0 aliphatic rings. The number of nitrogens with zero attached hydrogens (tertiary/aromatic N) is 2. The van der Waals surface area contributed by atoms with Crippen molar-refractivity contribution in [1.82, 2.24) is 9.55 Å². The van der Waals surface area contributed by atoms with E-state index in [1.54, 1.807) is 0 Å². The zero-order valence-corrected chi connectivity index (χ0v) is 17.6. The van der Waals surface area contributed by atoms with Crippen LogP contribution in [0.2, 0.25) is 0 Å². The molecule has 0 fully saturated rings. The van der Waals surface area contributed by atoms with Crippen LogP contribution < -0.4 is 26.6 Å². The average Bonchev–Trinajstić information content (AvgIpc) is 2.68. The number of anilines is 2. The molecule has 0 aliphatic carbocycles. The summed E-state index contributed by atoms with van der Waals surface area (Å²) in [6, 6.07) is 5.48. The number of carbonyl (C=O) groups is 1. The van der Waals surface area contributed by atoms with E-state index >= 15 is 0 Å². The van der Waals surface area contributed by atoms with E-state index in [-0.39, 0.29) is 42.2 Å². The fraction of sp³-hybridized carbons (Fsp3) is 0.476. The van der Waals surface area contributed by atoms with Gasteiger partial charge in [-0.1, -0.05) is 27.2 Å². The Bertz CT molecular complexity index is 966. The van der Waals surface area contributed by atoms with E-state index in [1.807, 2.05) is 20.8 Å². The molecule has 2 rings (SSSR count). The predicted molar refractivity (Wildman–Crippen MR) is 114 cm³/mol. The first-order valence-corrected chi connectivity index (χ1v) is 10.1. The second kappa shape index (κ2) is 10.6. The number of H-pyrrole nitrogens is 1. The van der Waals surface area contributed by atoms with E-state index < -0.39 is 11.2 Å². The van der Waals surface area contributed by atoms with Crippen molar-refractivity contribution in [3.63, 3.8) is 0 Å². The Balaban J connectivity index is 2.25. The summed E-state index contributed by atoms with van der Waals surface area (Å²) in [5, 5.41) is 0. The second-order valence-electron chi connectivity index (χ2n) is 7.45. The normalized spacial score (nSPS) is 11.0. The maximum absolute atomic E-state index is 13.0. The van der Waals surface area contributed by atoms with Crippen LogP contribution in [0.1, 0.15) is 40.0 Å². The van der Waals surface area contributed by atoms with E-state index in [9.17, 15) is 18.8 Å². The molecule has 164 valence electrons. The van der Waals surface area contributed by atoms with Gasteiger partial charge in [0.2, 0.25) is 5.91 Å². The maximum Gasteiger partial charge on any atom is 0.330 e. The molecule has 1 aromatic carbocycles. The lowest BCUT2D eigenvalue weighted by Gasteiger charge is -2.25. The fourth-order valence-corrected chi connectivity index (χ4v) is 2.98. The molecule has 0 spiro atoms. The molecule has 0 radical (unpaired) electrons. The summed E-state index contributed by atoms with van der Waals surface area (Å²) in [4.78, 5) is 41.2. The number of benzene rings is 1. The van der Waals surface area contributed by atoms with Gasteiger partial charge in [0, 0.05) is 13.1 Å². The minimum absolute atomic E-state index is 0.0106. The third kappa shape index (κ3) is 5.95. The maximum atomic E-state index is 13.0. The smallest absolute Gasteiger partial charge is 0.330 e. The number of unbranched alkanes of at least 4 members (excludes halogenated alkanes) is 1. The van der Waals surface area contributed by atoms with Crippen molar-refractivity contribution in [3.05, 3.63) is 50.9 Å². The number of nitrogen functional groups attached to an aromatic ring is 1. The summed E-state index contributed by atoms with van der Waals surface area (Å²) < 4.78 is 19.8. The SMILES string of the molecule is CCCCN(C(=O)CCOc1ccc(F)cc1)c1c(N)n(CC(C)C)c(=O)[nH]c1=O. The Labute approximate surface area is 174 Å². The number of aromatic nitrogens is 2. The van der Waals surface area contributed by atoms with Gasteiger partial charge in [-0.3, -0.25) is 19.1 Å². The minimum atomic E-state index is -0.693. The molecular formula is C21H29FN4O4. The number of hydrogen-bond donors (Lipinski definition) is 2. The number of rotatable bonds is 10. The molecule has 0 aliphatic heterocycles. The lowest BCUT2D eigenvalue weighted by Crippen LogP contribution is -2.42. The van der Waals surface area contributed by atoms with Crippen molar-refractivity contribution in [2.24, 2.45) is 5.92 Å². The van der Waals surface area contributed by atoms with E-state index in [4.69, 9.17) is 10.5 Å². The first-order chi connectivity index (χ1) is 14.2.